The van der Waals surface area contributed by atoms with Crippen molar-refractivity contribution in [3.63, 3.8) is 0 Å². The lowest BCUT2D eigenvalue weighted by atomic mass is 10.1. The number of hydrogen-bond acceptors (Lipinski definition) is 6. The van der Waals surface area contributed by atoms with E-state index in [1.54, 1.807) is 31.2 Å². The Morgan fingerprint density at radius 2 is 1.77 bits per heavy atom. The van der Waals surface area contributed by atoms with Gasteiger partial charge in [0.2, 0.25) is 0 Å². The third-order valence-electron chi connectivity index (χ3n) is 5.08. The van der Waals surface area contributed by atoms with Crippen molar-refractivity contribution >= 4 is 28.9 Å². The van der Waals surface area contributed by atoms with Gasteiger partial charge in [0, 0.05) is 36.7 Å². The summed E-state index contributed by atoms with van der Waals surface area (Å²) >= 11 is 0. The molecule has 0 aliphatic carbocycles. The van der Waals surface area contributed by atoms with Crippen LogP contribution >= 0.6 is 0 Å². The molecule has 0 spiro atoms. The number of benzene rings is 2. The average Bonchev–Trinajstić information content (AvgIpc) is 2.78. The Morgan fingerprint density at radius 1 is 1.07 bits per heavy atom. The average molecular weight is 412 g/mol. The highest BCUT2D eigenvalue weighted by atomic mass is 16.5. The fraction of sp³-hybridized carbons (Fsp3) is 0.391. The van der Waals surface area contributed by atoms with Gasteiger partial charge >= 0.3 is 5.97 Å². The van der Waals surface area contributed by atoms with E-state index in [4.69, 9.17) is 9.84 Å². The van der Waals surface area contributed by atoms with Gasteiger partial charge in [-0.2, -0.15) is 0 Å². The summed E-state index contributed by atoms with van der Waals surface area (Å²) in [5.41, 5.74) is 2.68. The number of amides is 1. The van der Waals surface area contributed by atoms with E-state index in [9.17, 15) is 9.59 Å². The summed E-state index contributed by atoms with van der Waals surface area (Å²) in [6.07, 6.45) is 2.74. The van der Waals surface area contributed by atoms with Gasteiger partial charge in [0.25, 0.3) is 5.91 Å². The monoisotopic (exact) mass is 411 g/mol. The molecule has 3 rings (SSSR count). The molecular formula is C23H29N3O4. The lowest BCUT2D eigenvalue weighted by Crippen LogP contribution is -2.30. The second-order valence-electron chi connectivity index (χ2n) is 7.33. The number of hydrogen-bond donors (Lipinski definition) is 3. The molecule has 1 saturated heterocycles. The number of anilines is 3. The molecule has 1 fully saturated rings. The number of aliphatic hydroxyl groups is 1. The number of rotatable bonds is 8. The van der Waals surface area contributed by atoms with Crippen molar-refractivity contribution in [1.82, 2.24) is 0 Å². The Labute approximate surface area is 177 Å². The molecule has 7 nitrogen and oxygen atoms in total. The van der Waals surface area contributed by atoms with Crippen LogP contribution < -0.4 is 15.5 Å². The lowest BCUT2D eigenvalue weighted by Gasteiger charge is -2.28. The topological polar surface area (TPSA) is 90.9 Å². The summed E-state index contributed by atoms with van der Waals surface area (Å²) in [6, 6.07) is 14.6. The van der Waals surface area contributed by atoms with Crippen LogP contribution in [0.1, 0.15) is 36.5 Å². The fourth-order valence-corrected chi connectivity index (χ4v) is 3.43. The van der Waals surface area contributed by atoms with Crippen molar-refractivity contribution in [1.29, 1.82) is 0 Å². The van der Waals surface area contributed by atoms with Crippen LogP contribution in [-0.4, -0.2) is 49.3 Å². The van der Waals surface area contributed by atoms with Crippen molar-refractivity contribution in [3.8, 4) is 0 Å². The van der Waals surface area contributed by atoms with Crippen molar-refractivity contribution in [3.05, 3.63) is 54.1 Å². The van der Waals surface area contributed by atoms with E-state index in [0.29, 0.717) is 23.5 Å². The maximum atomic E-state index is 12.5. The van der Waals surface area contributed by atoms with Crippen LogP contribution in [0.3, 0.4) is 0 Å². The minimum absolute atomic E-state index is 0.0568. The molecule has 1 aliphatic rings. The number of carbonyl (C=O) groups is 2. The van der Waals surface area contributed by atoms with Crippen LogP contribution in [0.5, 0.6) is 0 Å². The number of esters is 1. The fourth-order valence-electron chi connectivity index (χ4n) is 3.43. The molecule has 0 unspecified atom stereocenters. The van der Waals surface area contributed by atoms with Crippen LogP contribution in [0.15, 0.2) is 48.5 Å². The van der Waals surface area contributed by atoms with Gasteiger partial charge in [0.1, 0.15) is 0 Å². The summed E-state index contributed by atoms with van der Waals surface area (Å²) in [7, 11) is 0. The molecule has 7 heteroatoms. The van der Waals surface area contributed by atoms with Gasteiger partial charge in [0.05, 0.1) is 12.2 Å². The molecule has 0 aromatic heterocycles. The first-order valence-electron chi connectivity index (χ1n) is 10.4. The number of aliphatic hydroxyl groups excluding tert-OH is 1. The molecule has 1 atom stereocenters. The molecule has 2 aromatic rings. The molecular weight excluding hydrogens is 382 g/mol. The van der Waals surface area contributed by atoms with Gasteiger partial charge in [-0.1, -0.05) is 12.1 Å². The highest BCUT2D eigenvalue weighted by molar-refractivity contribution is 5.99. The van der Waals surface area contributed by atoms with Crippen molar-refractivity contribution in [2.24, 2.45) is 0 Å². The summed E-state index contributed by atoms with van der Waals surface area (Å²) in [6.45, 7) is 3.92. The zero-order chi connectivity index (χ0) is 21.3. The van der Waals surface area contributed by atoms with Crippen LogP contribution in [0.4, 0.5) is 17.1 Å². The predicted molar refractivity (Wildman–Crippen MR) is 118 cm³/mol. The maximum absolute atomic E-state index is 12.5. The van der Waals surface area contributed by atoms with Gasteiger partial charge in [-0.3, -0.25) is 4.79 Å². The SMILES string of the molecule is C[C@@H](OC(=O)c1ccccc1NCCO)C(=O)Nc1ccc(N2CCCCC2)cc1. The first kappa shape index (κ1) is 21.6. The Balaban J connectivity index is 1.56. The van der Waals surface area contributed by atoms with Crippen molar-refractivity contribution in [2.45, 2.75) is 32.3 Å². The number of nitrogens with zero attached hydrogens (tertiary/aromatic N) is 1. The van der Waals surface area contributed by atoms with E-state index < -0.39 is 18.0 Å². The Hall–Kier alpha value is -3.06. The molecule has 1 heterocycles. The highest BCUT2D eigenvalue weighted by Crippen LogP contribution is 2.22. The van der Waals surface area contributed by atoms with Crippen LogP contribution in [0, 0.1) is 0 Å². The molecule has 0 saturated carbocycles. The minimum Gasteiger partial charge on any atom is -0.449 e. The largest absolute Gasteiger partial charge is 0.449 e. The highest BCUT2D eigenvalue weighted by Gasteiger charge is 2.21. The second-order valence-corrected chi connectivity index (χ2v) is 7.33. The molecule has 2 aromatic carbocycles. The third-order valence-corrected chi connectivity index (χ3v) is 5.08. The number of ether oxygens (including phenoxy) is 1. The summed E-state index contributed by atoms with van der Waals surface area (Å²) in [5.74, 6) is -0.992. The van der Waals surface area contributed by atoms with Crippen molar-refractivity contribution in [2.75, 3.05) is 41.8 Å². The van der Waals surface area contributed by atoms with E-state index in [1.165, 1.54) is 19.3 Å². The van der Waals surface area contributed by atoms with Gasteiger partial charge in [-0.25, -0.2) is 4.79 Å². The van der Waals surface area contributed by atoms with E-state index in [1.807, 2.05) is 24.3 Å². The lowest BCUT2D eigenvalue weighted by molar-refractivity contribution is -0.123. The van der Waals surface area contributed by atoms with E-state index >= 15 is 0 Å². The zero-order valence-corrected chi connectivity index (χ0v) is 17.3. The Bertz CT molecular complexity index is 848. The molecule has 3 N–H and O–H groups in total. The number of para-hydroxylation sites is 1. The van der Waals surface area contributed by atoms with Gasteiger partial charge in [-0.15, -0.1) is 0 Å². The van der Waals surface area contributed by atoms with Crippen molar-refractivity contribution < 1.29 is 19.4 Å². The second kappa shape index (κ2) is 10.6. The van der Waals surface area contributed by atoms with Gasteiger partial charge < -0.3 is 25.4 Å². The number of piperidine rings is 1. The third kappa shape index (κ3) is 5.73. The smallest absolute Gasteiger partial charge is 0.341 e. The maximum Gasteiger partial charge on any atom is 0.341 e. The predicted octanol–water partition coefficient (Wildman–Crippen LogP) is 3.27. The summed E-state index contributed by atoms with van der Waals surface area (Å²) < 4.78 is 5.35. The van der Waals surface area contributed by atoms with Crippen LogP contribution in [0.25, 0.3) is 0 Å². The molecule has 30 heavy (non-hydrogen) atoms. The van der Waals surface area contributed by atoms with E-state index in [-0.39, 0.29) is 6.61 Å². The van der Waals surface area contributed by atoms with Gasteiger partial charge in [-0.05, 0) is 62.6 Å². The first-order valence-corrected chi connectivity index (χ1v) is 10.4. The Kier molecular flexibility index (Phi) is 7.68. The summed E-state index contributed by atoms with van der Waals surface area (Å²) in [4.78, 5) is 27.3. The van der Waals surface area contributed by atoms with E-state index in [2.05, 4.69) is 15.5 Å². The molecule has 1 aliphatic heterocycles. The van der Waals surface area contributed by atoms with E-state index in [0.717, 1.165) is 18.8 Å². The molecule has 0 bridgehead atoms. The summed E-state index contributed by atoms with van der Waals surface area (Å²) in [5, 5.41) is 14.7. The number of nitrogens with one attached hydrogen (secondary N) is 2. The molecule has 160 valence electrons. The molecule has 1 amide bonds. The standard InChI is InChI=1S/C23H29N3O4/c1-17(30-23(29)20-7-3-4-8-21(20)24-13-16-27)22(28)25-18-9-11-19(12-10-18)26-14-5-2-6-15-26/h3-4,7-12,17,24,27H,2,5-6,13-16H2,1H3,(H,25,28)/t17-/m1/s1. The zero-order valence-electron chi connectivity index (χ0n) is 17.3. The molecule has 0 radical (unpaired) electrons. The normalized spacial score (nSPS) is 14.7. The van der Waals surface area contributed by atoms with Crippen LogP contribution in [0.2, 0.25) is 0 Å². The Morgan fingerprint density at radius 3 is 2.47 bits per heavy atom. The minimum atomic E-state index is -0.954. The van der Waals surface area contributed by atoms with Gasteiger partial charge in [0.15, 0.2) is 6.10 Å². The number of carbonyl (C=O) groups excluding carboxylic acids is 2. The first-order chi connectivity index (χ1) is 14.6. The van der Waals surface area contributed by atoms with Crippen LogP contribution in [-0.2, 0) is 9.53 Å². The quantitative estimate of drug-likeness (QED) is 0.578.